The minimum absolute atomic E-state index is 0.232. The molecular weight excluding hydrogens is 342 g/mol. The minimum Gasteiger partial charge on any atom is -0.486 e. The van der Waals surface area contributed by atoms with E-state index >= 15 is 0 Å². The van der Waals surface area contributed by atoms with Crippen LogP contribution in [0.15, 0.2) is 77.2 Å². The first-order valence-electron chi connectivity index (χ1n) is 8.98. The number of hydrogen-bond acceptors (Lipinski definition) is 4. The SMILES string of the molecule is O=C(NCCCOCc1ccccc1)c1ccc(COc2ccccc2)o1. The van der Waals surface area contributed by atoms with Crippen LogP contribution in [0.2, 0.25) is 0 Å². The van der Waals surface area contributed by atoms with Gasteiger partial charge in [0, 0.05) is 13.2 Å². The number of hydrogen-bond donors (Lipinski definition) is 1. The molecule has 5 nitrogen and oxygen atoms in total. The first kappa shape index (κ1) is 18.7. The maximum Gasteiger partial charge on any atom is 0.286 e. The summed E-state index contributed by atoms with van der Waals surface area (Å²) in [5.41, 5.74) is 1.14. The predicted octanol–water partition coefficient (Wildman–Crippen LogP) is 4.20. The average molecular weight is 365 g/mol. The summed E-state index contributed by atoms with van der Waals surface area (Å²) in [6.45, 7) is 1.98. The maximum atomic E-state index is 12.1. The lowest BCUT2D eigenvalue weighted by atomic mass is 10.2. The number of amides is 1. The van der Waals surface area contributed by atoms with Gasteiger partial charge in [-0.15, -0.1) is 0 Å². The third-order valence-electron chi connectivity index (χ3n) is 3.87. The van der Waals surface area contributed by atoms with Crippen molar-refractivity contribution in [2.45, 2.75) is 19.6 Å². The zero-order chi connectivity index (χ0) is 18.7. The number of benzene rings is 2. The van der Waals surface area contributed by atoms with E-state index in [0.29, 0.717) is 25.5 Å². The molecule has 0 bridgehead atoms. The van der Waals surface area contributed by atoms with Crippen LogP contribution in [-0.4, -0.2) is 19.1 Å². The Kier molecular flexibility index (Phi) is 7.07. The fourth-order valence-electron chi connectivity index (χ4n) is 2.48. The van der Waals surface area contributed by atoms with Gasteiger partial charge in [-0.05, 0) is 36.2 Å². The van der Waals surface area contributed by atoms with Gasteiger partial charge in [0.1, 0.15) is 18.1 Å². The molecule has 0 spiro atoms. The molecule has 0 unspecified atom stereocenters. The molecule has 1 amide bonds. The molecule has 1 aromatic heterocycles. The molecule has 1 N–H and O–H groups in total. The Morgan fingerprint density at radius 2 is 1.63 bits per heavy atom. The summed E-state index contributed by atoms with van der Waals surface area (Å²) in [4.78, 5) is 12.1. The second kappa shape index (κ2) is 10.2. The molecule has 3 rings (SSSR count). The monoisotopic (exact) mass is 365 g/mol. The Bertz CT molecular complexity index is 815. The van der Waals surface area contributed by atoms with E-state index in [4.69, 9.17) is 13.9 Å². The van der Waals surface area contributed by atoms with Gasteiger partial charge in [-0.2, -0.15) is 0 Å². The van der Waals surface area contributed by atoms with E-state index in [1.165, 1.54) is 0 Å². The van der Waals surface area contributed by atoms with Crippen molar-refractivity contribution in [3.63, 3.8) is 0 Å². The molecule has 3 aromatic rings. The third kappa shape index (κ3) is 6.31. The van der Waals surface area contributed by atoms with Crippen LogP contribution in [0.3, 0.4) is 0 Å². The van der Waals surface area contributed by atoms with Gasteiger partial charge < -0.3 is 19.2 Å². The number of rotatable bonds is 10. The number of para-hydroxylation sites is 1. The molecule has 0 aliphatic rings. The van der Waals surface area contributed by atoms with Crippen molar-refractivity contribution in [2.75, 3.05) is 13.2 Å². The van der Waals surface area contributed by atoms with Crippen LogP contribution < -0.4 is 10.1 Å². The molecule has 5 heteroatoms. The first-order valence-corrected chi connectivity index (χ1v) is 8.98. The normalized spacial score (nSPS) is 10.5. The van der Waals surface area contributed by atoms with Crippen LogP contribution in [0.4, 0.5) is 0 Å². The van der Waals surface area contributed by atoms with Crippen molar-refractivity contribution < 1.29 is 18.7 Å². The van der Waals surface area contributed by atoms with Crippen molar-refractivity contribution in [3.05, 3.63) is 89.9 Å². The lowest BCUT2D eigenvalue weighted by Gasteiger charge is -2.06. The largest absolute Gasteiger partial charge is 0.486 e. The highest BCUT2D eigenvalue weighted by Gasteiger charge is 2.11. The second-order valence-electron chi connectivity index (χ2n) is 6.02. The smallest absolute Gasteiger partial charge is 0.286 e. The van der Waals surface area contributed by atoms with Crippen LogP contribution in [0.25, 0.3) is 0 Å². The van der Waals surface area contributed by atoms with Crippen molar-refractivity contribution in [2.24, 2.45) is 0 Å². The summed E-state index contributed by atoms with van der Waals surface area (Å²) in [7, 11) is 0. The summed E-state index contributed by atoms with van der Waals surface area (Å²) in [6.07, 6.45) is 0.739. The van der Waals surface area contributed by atoms with E-state index in [2.05, 4.69) is 5.32 Å². The Morgan fingerprint density at radius 1 is 0.889 bits per heavy atom. The molecule has 0 radical (unpaired) electrons. The maximum absolute atomic E-state index is 12.1. The van der Waals surface area contributed by atoms with E-state index in [9.17, 15) is 4.79 Å². The highest BCUT2D eigenvalue weighted by molar-refractivity contribution is 5.91. The van der Waals surface area contributed by atoms with E-state index in [0.717, 1.165) is 17.7 Å². The lowest BCUT2D eigenvalue weighted by Crippen LogP contribution is -2.24. The fraction of sp³-hybridized carbons (Fsp3) is 0.227. The zero-order valence-electron chi connectivity index (χ0n) is 15.1. The number of ether oxygens (including phenoxy) is 2. The molecule has 0 aliphatic carbocycles. The van der Waals surface area contributed by atoms with Crippen molar-refractivity contribution in [3.8, 4) is 5.75 Å². The minimum atomic E-state index is -0.232. The zero-order valence-corrected chi connectivity index (χ0v) is 15.1. The average Bonchev–Trinajstić information content (AvgIpc) is 3.20. The van der Waals surface area contributed by atoms with Gasteiger partial charge in [-0.1, -0.05) is 48.5 Å². The number of carbonyl (C=O) groups excluding carboxylic acids is 1. The standard InChI is InChI=1S/C22H23NO4/c24-22(23-14-7-15-25-16-18-8-3-1-4-9-18)21-13-12-20(27-21)17-26-19-10-5-2-6-11-19/h1-6,8-13H,7,14-17H2,(H,23,24). The molecular formula is C22H23NO4. The quantitative estimate of drug-likeness (QED) is 0.547. The van der Waals surface area contributed by atoms with E-state index < -0.39 is 0 Å². The third-order valence-corrected chi connectivity index (χ3v) is 3.87. The van der Waals surface area contributed by atoms with Gasteiger partial charge in [0.25, 0.3) is 5.91 Å². The summed E-state index contributed by atoms with van der Waals surface area (Å²) < 4.78 is 16.7. The molecule has 0 saturated carbocycles. The topological polar surface area (TPSA) is 60.7 Å². The molecule has 1 heterocycles. The highest BCUT2D eigenvalue weighted by atomic mass is 16.5. The number of carbonyl (C=O) groups is 1. The van der Waals surface area contributed by atoms with Crippen molar-refractivity contribution in [1.82, 2.24) is 5.32 Å². The van der Waals surface area contributed by atoms with E-state index in [1.54, 1.807) is 12.1 Å². The first-order chi connectivity index (χ1) is 13.3. The molecule has 0 fully saturated rings. The van der Waals surface area contributed by atoms with Gasteiger partial charge in [-0.25, -0.2) is 0 Å². The van der Waals surface area contributed by atoms with Crippen LogP contribution in [0, 0.1) is 0 Å². The number of furan rings is 1. The van der Waals surface area contributed by atoms with Crippen molar-refractivity contribution >= 4 is 5.91 Å². The summed E-state index contributed by atoms with van der Waals surface area (Å²) in [5.74, 6) is 1.42. The van der Waals surface area contributed by atoms with Gasteiger partial charge in [0.05, 0.1) is 6.61 Å². The Balaban J connectivity index is 1.32. The molecule has 0 atom stereocenters. The van der Waals surface area contributed by atoms with Gasteiger partial charge >= 0.3 is 0 Å². The predicted molar refractivity (Wildman–Crippen MR) is 103 cm³/mol. The van der Waals surface area contributed by atoms with Gasteiger partial charge in [0.2, 0.25) is 0 Å². The van der Waals surface area contributed by atoms with Crippen LogP contribution in [0.5, 0.6) is 5.75 Å². The van der Waals surface area contributed by atoms with Crippen LogP contribution >= 0.6 is 0 Å². The van der Waals surface area contributed by atoms with E-state index in [-0.39, 0.29) is 18.3 Å². The Hall–Kier alpha value is -3.05. The Labute approximate surface area is 158 Å². The molecule has 140 valence electrons. The van der Waals surface area contributed by atoms with E-state index in [1.807, 2.05) is 60.7 Å². The highest BCUT2D eigenvalue weighted by Crippen LogP contribution is 2.14. The number of nitrogens with one attached hydrogen (secondary N) is 1. The van der Waals surface area contributed by atoms with Crippen LogP contribution in [0.1, 0.15) is 28.3 Å². The summed E-state index contributed by atoms with van der Waals surface area (Å²) >= 11 is 0. The lowest BCUT2D eigenvalue weighted by molar-refractivity contribution is 0.0904. The molecule has 0 saturated heterocycles. The van der Waals surface area contributed by atoms with Crippen molar-refractivity contribution in [1.29, 1.82) is 0 Å². The van der Waals surface area contributed by atoms with Gasteiger partial charge in [-0.3, -0.25) is 4.79 Å². The molecule has 0 aliphatic heterocycles. The second-order valence-corrected chi connectivity index (χ2v) is 6.02. The van der Waals surface area contributed by atoms with Gasteiger partial charge in [0.15, 0.2) is 5.76 Å². The molecule has 27 heavy (non-hydrogen) atoms. The Morgan fingerprint density at radius 3 is 2.41 bits per heavy atom. The molecule has 2 aromatic carbocycles. The van der Waals surface area contributed by atoms with Crippen LogP contribution in [-0.2, 0) is 18.0 Å². The summed E-state index contributed by atoms with van der Waals surface area (Å²) in [6, 6.07) is 22.9. The fourth-order valence-corrected chi connectivity index (χ4v) is 2.48. The summed E-state index contributed by atoms with van der Waals surface area (Å²) in [5, 5.41) is 2.83.